The summed E-state index contributed by atoms with van der Waals surface area (Å²) < 4.78 is 9.02. The lowest BCUT2D eigenvalue weighted by atomic mass is 10.0. The van der Waals surface area contributed by atoms with Crippen molar-refractivity contribution in [2.24, 2.45) is 0 Å². The lowest BCUT2D eigenvalue weighted by Gasteiger charge is -2.34. The minimum absolute atomic E-state index is 0.0429. The Labute approximate surface area is 192 Å². The zero-order valence-corrected chi connectivity index (χ0v) is 19.2. The quantitative estimate of drug-likeness (QED) is 0.583. The third-order valence-corrected chi connectivity index (χ3v) is 6.72. The van der Waals surface area contributed by atoms with Gasteiger partial charge in [0, 0.05) is 31.7 Å². The molecule has 1 saturated heterocycles. The van der Waals surface area contributed by atoms with Gasteiger partial charge in [-0.1, -0.05) is 0 Å². The van der Waals surface area contributed by atoms with Crippen molar-refractivity contribution in [2.45, 2.75) is 51.9 Å². The fourth-order valence-electron chi connectivity index (χ4n) is 5.04. The second-order valence-electron chi connectivity index (χ2n) is 8.94. The summed E-state index contributed by atoms with van der Waals surface area (Å²) >= 11 is 0. The van der Waals surface area contributed by atoms with Crippen LogP contribution in [0.5, 0.6) is 5.75 Å². The van der Waals surface area contributed by atoms with Crippen molar-refractivity contribution in [3.05, 3.63) is 62.6 Å². The van der Waals surface area contributed by atoms with Gasteiger partial charge < -0.3 is 15.0 Å². The molecular weight excluding hydrogens is 420 g/mol. The van der Waals surface area contributed by atoms with Gasteiger partial charge in [0.25, 0.3) is 11.1 Å². The van der Waals surface area contributed by atoms with Crippen LogP contribution in [0.4, 0.5) is 0 Å². The van der Waals surface area contributed by atoms with Crippen LogP contribution in [0.1, 0.15) is 37.1 Å². The summed E-state index contributed by atoms with van der Waals surface area (Å²) in [6.07, 6.45) is 5.25. The third kappa shape index (κ3) is 4.30. The van der Waals surface area contributed by atoms with E-state index in [1.54, 1.807) is 21.4 Å². The van der Waals surface area contributed by atoms with Crippen molar-refractivity contribution in [1.82, 2.24) is 29.3 Å². The fourth-order valence-corrected chi connectivity index (χ4v) is 5.04. The fraction of sp³-hybridized carbons (Fsp3) is 0.500. The van der Waals surface area contributed by atoms with E-state index in [1.807, 2.05) is 13.8 Å². The van der Waals surface area contributed by atoms with Crippen LogP contribution in [0.15, 0.2) is 40.2 Å². The van der Waals surface area contributed by atoms with E-state index >= 15 is 0 Å². The molecule has 0 bridgehead atoms. The molecule has 0 aliphatic carbocycles. The molecule has 1 unspecified atom stereocenters. The number of hydrogen-bond donors (Lipinski definition) is 1. The van der Waals surface area contributed by atoms with Gasteiger partial charge in [-0.2, -0.15) is 0 Å². The standard InChI is InChI=1S/C24H30N6O3/c1-3-33-21-12-26-18(10-16(21)2)11-25-17-6-8-28(9-7-17)14-19-15-29-22(31)5-4-20-24(29)30(19)23(32)13-27-20/h4-5,10,12-13,17,19,25H,3,6-9,11,14-15H2,1-2H3. The summed E-state index contributed by atoms with van der Waals surface area (Å²) in [7, 11) is 0. The second kappa shape index (κ2) is 9.07. The molecule has 2 aliphatic rings. The molecule has 9 heteroatoms. The van der Waals surface area contributed by atoms with Crippen molar-refractivity contribution in [2.75, 3.05) is 26.2 Å². The first-order chi connectivity index (χ1) is 16.0. The minimum Gasteiger partial charge on any atom is -0.492 e. The summed E-state index contributed by atoms with van der Waals surface area (Å²) in [5.74, 6) is 0.844. The van der Waals surface area contributed by atoms with E-state index in [1.165, 1.54) is 12.3 Å². The Morgan fingerprint density at radius 3 is 2.70 bits per heavy atom. The highest BCUT2D eigenvalue weighted by molar-refractivity contribution is 5.71. The van der Waals surface area contributed by atoms with Gasteiger partial charge in [0.15, 0.2) is 0 Å². The smallest absolute Gasteiger partial charge is 0.270 e. The molecule has 174 valence electrons. The predicted molar refractivity (Wildman–Crippen MR) is 126 cm³/mol. The van der Waals surface area contributed by atoms with E-state index < -0.39 is 0 Å². The van der Waals surface area contributed by atoms with Crippen molar-refractivity contribution in [3.8, 4) is 5.75 Å². The van der Waals surface area contributed by atoms with Gasteiger partial charge >= 0.3 is 0 Å². The number of pyridine rings is 2. The number of rotatable bonds is 7. The highest BCUT2D eigenvalue weighted by Gasteiger charge is 2.29. The molecule has 1 fully saturated rings. The summed E-state index contributed by atoms with van der Waals surface area (Å²) in [5.41, 5.74) is 3.25. The van der Waals surface area contributed by atoms with Gasteiger partial charge in [-0.25, -0.2) is 4.98 Å². The van der Waals surface area contributed by atoms with Gasteiger partial charge in [-0.15, -0.1) is 0 Å². The Bertz CT molecular complexity index is 1270. The van der Waals surface area contributed by atoms with Crippen LogP contribution in [-0.2, 0) is 13.1 Å². The molecule has 9 nitrogen and oxygen atoms in total. The maximum atomic E-state index is 12.6. The molecule has 0 saturated carbocycles. The van der Waals surface area contributed by atoms with Crippen molar-refractivity contribution in [3.63, 3.8) is 0 Å². The summed E-state index contributed by atoms with van der Waals surface area (Å²) in [6.45, 7) is 8.60. The normalized spacial score (nSPS) is 18.8. The van der Waals surface area contributed by atoms with E-state index in [9.17, 15) is 9.59 Å². The minimum atomic E-state index is -0.140. The van der Waals surface area contributed by atoms with Crippen LogP contribution < -0.4 is 21.2 Å². The van der Waals surface area contributed by atoms with Crippen molar-refractivity contribution < 1.29 is 4.74 Å². The Hall–Kier alpha value is -3.04. The highest BCUT2D eigenvalue weighted by atomic mass is 16.5. The van der Waals surface area contributed by atoms with Crippen molar-refractivity contribution in [1.29, 1.82) is 0 Å². The number of likely N-dealkylation sites (tertiary alicyclic amines) is 1. The van der Waals surface area contributed by atoms with E-state index in [-0.39, 0.29) is 17.2 Å². The first-order valence-corrected chi connectivity index (χ1v) is 11.7. The molecule has 0 amide bonds. The van der Waals surface area contributed by atoms with Gasteiger partial charge in [0.05, 0.1) is 30.7 Å². The lowest BCUT2D eigenvalue weighted by molar-refractivity contribution is 0.171. The Kier molecular flexibility index (Phi) is 5.99. The average Bonchev–Trinajstić information content (AvgIpc) is 3.20. The SMILES string of the molecule is CCOc1cnc(CNC2CCN(CC3Cn4c(=O)ccc5ncc(=O)n3c54)CC2)cc1C. The number of nitrogens with zero attached hydrogens (tertiary/aromatic N) is 5. The highest BCUT2D eigenvalue weighted by Crippen LogP contribution is 2.24. The van der Waals surface area contributed by atoms with E-state index in [0.717, 1.165) is 56.0 Å². The summed E-state index contributed by atoms with van der Waals surface area (Å²) in [5, 5.41) is 3.64. The van der Waals surface area contributed by atoms with Gasteiger partial charge in [-0.05, 0) is 57.5 Å². The predicted octanol–water partition coefficient (Wildman–Crippen LogP) is 1.47. The molecule has 5 rings (SSSR count). The Balaban J connectivity index is 1.17. The average molecular weight is 451 g/mol. The Morgan fingerprint density at radius 1 is 1.12 bits per heavy atom. The number of piperidine rings is 1. The molecule has 0 aromatic carbocycles. The van der Waals surface area contributed by atoms with Crippen LogP contribution in [0.2, 0.25) is 0 Å². The molecule has 1 atom stereocenters. The number of ether oxygens (including phenoxy) is 1. The van der Waals surface area contributed by atoms with Crippen LogP contribution in [0.25, 0.3) is 11.2 Å². The van der Waals surface area contributed by atoms with E-state index in [4.69, 9.17) is 4.74 Å². The molecule has 2 aliphatic heterocycles. The lowest BCUT2D eigenvalue weighted by Crippen LogP contribution is -2.44. The van der Waals surface area contributed by atoms with Gasteiger partial charge in [-0.3, -0.25) is 23.7 Å². The second-order valence-corrected chi connectivity index (χ2v) is 8.94. The third-order valence-electron chi connectivity index (χ3n) is 6.72. The first kappa shape index (κ1) is 21.8. The number of hydrogen-bond acceptors (Lipinski definition) is 7. The zero-order valence-electron chi connectivity index (χ0n) is 19.2. The molecule has 0 radical (unpaired) electrons. The number of aryl methyl sites for hydroxylation is 1. The maximum Gasteiger partial charge on any atom is 0.270 e. The van der Waals surface area contributed by atoms with Gasteiger partial charge in [0.2, 0.25) is 0 Å². The molecule has 3 aromatic heterocycles. The monoisotopic (exact) mass is 450 g/mol. The molecule has 5 heterocycles. The molecule has 3 aromatic rings. The van der Waals surface area contributed by atoms with Crippen LogP contribution in [0, 0.1) is 6.92 Å². The van der Waals surface area contributed by atoms with Crippen LogP contribution in [-0.4, -0.2) is 56.3 Å². The van der Waals surface area contributed by atoms with E-state index in [2.05, 4.69) is 26.3 Å². The van der Waals surface area contributed by atoms with Crippen LogP contribution in [0.3, 0.4) is 0 Å². The molecule has 33 heavy (non-hydrogen) atoms. The zero-order chi connectivity index (χ0) is 22.9. The topological polar surface area (TPSA) is 94.3 Å². The van der Waals surface area contributed by atoms with E-state index in [0.29, 0.717) is 30.4 Å². The Morgan fingerprint density at radius 2 is 1.94 bits per heavy atom. The number of aromatic nitrogens is 4. The summed E-state index contributed by atoms with van der Waals surface area (Å²) in [6, 6.07) is 5.71. The maximum absolute atomic E-state index is 12.6. The molecule has 1 N–H and O–H groups in total. The number of nitrogens with one attached hydrogen (secondary N) is 1. The van der Waals surface area contributed by atoms with Crippen LogP contribution >= 0.6 is 0 Å². The summed E-state index contributed by atoms with van der Waals surface area (Å²) in [4.78, 5) is 36.0. The largest absolute Gasteiger partial charge is 0.492 e. The molecule has 0 spiro atoms. The molecular formula is C24H30N6O3. The first-order valence-electron chi connectivity index (χ1n) is 11.7. The van der Waals surface area contributed by atoms with Crippen molar-refractivity contribution >= 4 is 11.2 Å². The van der Waals surface area contributed by atoms with Gasteiger partial charge in [0.1, 0.15) is 16.9 Å².